The summed E-state index contributed by atoms with van der Waals surface area (Å²) in [6.07, 6.45) is 2.81. The van der Waals surface area contributed by atoms with Gasteiger partial charge in [0, 0.05) is 21.8 Å². The molecule has 1 aromatic carbocycles. The number of hydrogen-bond acceptors (Lipinski definition) is 4. The number of nitrogens with one attached hydrogen (secondary N) is 1. The van der Waals surface area contributed by atoms with E-state index in [4.69, 9.17) is 26.3 Å². The van der Waals surface area contributed by atoms with E-state index in [1.54, 1.807) is 40.8 Å². The lowest BCUT2D eigenvalue weighted by molar-refractivity contribution is 0.304. The molecule has 0 amide bonds. The largest absolute Gasteiger partial charge is 0.431 e. The fraction of sp³-hybridized carbons (Fsp3) is 0.400. The SMILES string of the molecule is CCc1nc(-c2ccc(O/C(F)=C/I)cc2Cl)c(C)nc1NC(CC)CC. The zero-order valence-electron chi connectivity index (χ0n) is 15.9. The van der Waals surface area contributed by atoms with E-state index in [0.717, 1.165) is 47.7 Å². The predicted octanol–water partition coefficient (Wildman–Crippen LogP) is 6.85. The Morgan fingerprint density at radius 1 is 1.30 bits per heavy atom. The molecule has 7 heteroatoms. The van der Waals surface area contributed by atoms with E-state index < -0.39 is 6.01 Å². The summed E-state index contributed by atoms with van der Waals surface area (Å²) in [5.74, 6) is 1.17. The minimum absolute atomic E-state index is 0.336. The van der Waals surface area contributed by atoms with E-state index in [9.17, 15) is 4.39 Å². The van der Waals surface area contributed by atoms with E-state index in [0.29, 0.717) is 16.8 Å². The predicted molar refractivity (Wildman–Crippen MR) is 118 cm³/mol. The highest BCUT2D eigenvalue weighted by molar-refractivity contribution is 14.1. The Morgan fingerprint density at radius 3 is 2.56 bits per heavy atom. The van der Waals surface area contributed by atoms with Crippen LogP contribution in [0.4, 0.5) is 10.2 Å². The molecule has 1 N–H and O–H groups in total. The van der Waals surface area contributed by atoms with Gasteiger partial charge in [-0.05, 0) is 60.9 Å². The summed E-state index contributed by atoms with van der Waals surface area (Å²) < 4.78 is 19.6. The van der Waals surface area contributed by atoms with Crippen LogP contribution >= 0.6 is 34.2 Å². The van der Waals surface area contributed by atoms with Crippen LogP contribution in [0.5, 0.6) is 5.75 Å². The molecule has 0 fully saturated rings. The van der Waals surface area contributed by atoms with Crippen molar-refractivity contribution in [2.75, 3.05) is 5.32 Å². The minimum Gasteiger partial charge on any atom is -0.431 e. The summed E-state index contributed by atoms with van der Waals surface area (Å²) in [6.45, 7) is 8.28. The van der Waals surface area contributed by atoms with Crippen LogP contribution < -0.4 is 10.1 Å². The van der Waals surface area contributed by atoms with Gasteiger partial charge in [-0.3, -0.25) is 0 Å². The Bertz CT molecular complexity index is 825. The maximum atomic E-state index is 13.3. The molecule has 2 rings (SSSR count). The Kier molecular flexibility index (Phi) is 8.28. The third-order valence-electron chi connectivity index (χ3n) is 4.30. The maximum absolute atomic E-state index is 13.3. The average Bonchev–Trinajstić information content (AvgIpc) is 2.66. The summed E-state index contributed by atoms with van der Waals surface area (Å²) in [7, 11) is 0. The first-order valence-electron chi connectivity index (χ1n) is 9.01. The molecule has 0 aliphatic carbocycles. The van der Waals surface area contributed by atoms with Crippen LogP contribution in [0.2, 0.25) is 5.02 Å². The molecule has 27 heavy (non-hydrogen) atoms. The van der Waals surface area contributed by atoms with Crippen LogP contribution in [0, 0.1) is 6.92 Å². The van der Waals surface area contributed by atoms with Gasteiger partial charge in [-0.2, -0.15) is 4.39 Å². The number of halogens is 3. The van der Waals surface area contributed by atoms with Crippen molar-refractivity contribution >= 4 is 40.0 Å². The van der Waals surface area contributed by atoms with Crippen LogP contribution in [-0.2, 0) is 6.42 Å². The van der Waals surface area contributed by atoms with Gasteiger partial charge in [0.15, 0.2) is 0 Å². The fourth-order valence-electron chi connectivity index (χ4n) is 2.74. The van der Waals surface area contributed by atoms with Crippen molar-refractivity contribution in [2.24, 2.45) is 0 Å². The maximum Gasteiger partial charge on any atom is 0.284 e. The Hall–Kier alpha value is -1.41. The van der Waals surface area contributed by atoms with E-state index in [2.05, 4.69) is 26.1 Å². The summed E-state index contributed by atoms with van der Waals surface area (Å²) in [6, 6.07) is 4.72. The summed E-state index contributed by atoms with van der Waals surface area (Å²) in [5.41, 5.74) is 3.16. The highest BCUT2D eigenvalue weighted by atomic mass is 127. The fourth-order valence-corrected chi connectivity index (χ4v) is 3.13. The van der Waals surface area contributed by atoms with Crippen LogP contribution in [0.3, 0.4) is 0 Å². The van der Waals surface area contributed by atoms with Crippen molar-refractivity contribution < 1.29 is 9.13 Å². The lowest BCUT2D eigenvalue weighted by Gasteiger charge is -2.19. The van der Waals surface area contributed by atoms with Gasteiger partial charge in [-0.25, -0.2) is 9.97 Å². The van der Waals surface area contributed by atoms with Crippen molar-refractivity contribution in [2.45, 2.75) is 53.0 Å². The molecule has 0 bridgehead atoms. The Morgan fingerprint density at radius 2 is 2.00 bits per heavy atom. The molecule has 0 spiro atoms. The normalized spacial score (nSPS) is 11.8. The van der Waals surface area contributed by atoms with Crippen LogP contribution in [-0.4, -0.2) is 16.0 Å². The van der Waals surface area contributed by atoms with Crippen LogP contribution in [0.1, 0.15) is 45.0 Å². The zero-order chi connectivity index (χ0) is 20.0. The standard InChI is InChI=1S/C20H24ClFIN3O/c1-5-13(6-2)25-20-17(7-3)26-19(12(4)24-20)15-9-8-14(10-16(15)21)27-18(22)11-23/h8-11,13H,5-7H2,1-4H3,(H,24,25)/b18-11+. The number of rotatable bonds is 8. The number of aromatic nitrogens is 2. The first-order chi connectivity index (χ1) is 12.9. The van der Waals surface area contributed by atoms with E-state index in [-0.39, 0.29) is 0 Å². The molecule has 2 aromatic rings. The highest BCUT2D eigenvalue weighted by Gasteiger charge is 2.16. The molecule has 0 aliphatic heterocycles. The van der Waals surface area contributed by atoms with Crippen LogP contribution in [0.15, 0.2) is 28.3 Å². The molecule has 146 valence electrons. The molecule has 0 radical (unpaired) electrons. The van der Waals surface area contributed by atoms with Gasteiger partial charge in [0.1, 0.15) is 11.6 Å². The van der Waals surface area contributed by atoms with E-state index in [1.165, 1.54) is 4.08 Å². The number of ether oxygens (including phenoxy) is 1. The molecule has 1 aromatic heterocycles. The second-order valence-corrected chi connectivity index (χ2v) is 7.15. The molecule has 1 heterocycles. The smallest absolute Gasteiger partial charge is 0.284 e. The lowest BCUT2D eigenvalue weighted by Crippen LogP contribution is -2.20. The first kappa shape index (κ1) is 21.9. The highest BCUT2D eigenvalue weighted by Crippen LogP contribution is 2.33. The van der Waals surface area contributed by atoms with Gasteiger partial charge >= 0.3 is 0 Å². The second kappa shape index (κ2) is 10.2. The molecular formula is C20H24ClFIN3O. The third kappa shape index (κ3) is 5.54. The molecule has 0 saturated carbocycles. The molecule has 0 atom stereocenters. The quantitative estimate of drug-likeness (QED) is 0.316. The van der Waals surface area contributed by atoms with Crippen molar-refractivity contribution in [3.63, 3.8) is 0 Å². The third-order valence-corrected chi connectivity index (χ3v) is 5.10. The first-order valence-corrected chi connectivity index (χ1v) is 10.6. The molecule has 4 nitrogen and oxygen atoms in total. The Labute approximate surface area is 178 Å². The zero-order valence-corrected chi connectivity index (χ0v) is 18.9. The van der Waals surface area contributed by atoms with Gasteiger partial charge in [0.25, 0.3) is 6.01 Å². The van der Waals surface area contributed by atoms with Crippen molar-refractivity contribution in [1.82, 2.24) is 9.97 Å². The Balaban J connectivity index is 2.41. The summed E-state index contributed by atoms with van der Waals surface area (Å²) in [5, 5.41) is 3.93. The van der Waals surface area contributed by atoms with E-state index >= 15 is 0 Å². The van der Waals surface area contributed by atoms with Gasteiger partial charge in [0.05, 0.1) is 22.1 Å². The monoisotopic (exact) mass is 503 g/mol. The van der Waals surface area contributed by atoms with E-state index in [1.807, 2.05) is 6.92 Å². The lowest BCUT2D eigenvalue weighted by atomic mass is 10.1. The van der Waals surface area contributed by atoms with Gasteiger partial charge in [-0.15, -0.1) is 0 Å². The van der Waals surface area contributed by atoms with Crippen molar-refractivity contribution in [1.29, 1.82) is 0 Å². The molecule has 0 aliphatic rings. The molecular weight excluding hydrogens is 480 g/mol. The number of anilines is 1. The molecule has 0 saturated heterocycles. The summed E-state index contributed by atoms with van der Waals surface area (Å²) in [4.78, 5) is 9.56. The number of hydrogen-bond donors (Lipinski definition) is 1. The van der Waals surface area contributed by atoms with Gasteiger partial charge < -0.3 is 10.1 Å². The molecule has 0 unspecified atom stereocenters. The van der Waals surface area contributed by atoms with Gasteiger partial charge in [-0.1, -0.05) is 32.4 Å². The topological polar surface area (TPSA) is 47.0 Å². The minimum atomic E-state index is -0.680. The van der Waals surface area contributed by atoms with Crippen molar-refractivity contribution in [3.8, 4) is 17.0 Å². The van der Waals surface area contributed by atoms with Crippen LogP contribution in [0.25, 0.3) is 11.3 Å². The summed E-state index contributed by atoms with van der Waals surface area (Å²) >= 11 is 8.19. The number of aryl methyl sites for hydroxylation is 2. The second-order valence-electron chi connectivity index (χ2n) is 6.12. The number of benzene rings is 1. The average molecular weight is 504 g/mol. The number of nitrogens with zero attached hydrogens (tertiary/aromatic N) is 2. The van der Waals surface area contributed by atoms with Crippen molar-refractivity contribution in [3.05, 3.63) is 44.7 Å². The van der Waals surface area contributed by atoms with Gasteiger partial charge in [0.2, 0.25) is 0 Å².